The molecule has 3 nitrogen and oxygen atoms in total. The fourth-order valence-corrected chi connectivity index (χ4v) is 4.75. The van der Waals surface area contributed by atoms with E-state index in [2.05, 4.69) is 53.8 Å². The van der Waals surface area contributed by atoms with Gasteiger partial charge in [0.1, 0.15) is 0 Å². The van der Waals surface area contributed by atoms with Crippen molar-refractivity contribution < 1.29 is 9.53 Å². The Balaban J connectivity index is 1.46. The van der Waals surface area contributed by atoms with E-state index in [1.54, 1.807) is 0 Å². The van der Waals surface area contributed by atoms with Crippen LogP contribution < -0.4 is 5.32 Å². The van der Waals surface area contributed by atoms with E-state index in [4.69, 9.17) is 4.74 Å². The number of hydrogen-bond acceptors (Lipinski definition) is 2. The van der Waals surface area contributed by atoms with Crippen LogP contribution in [-0.2, 0) is 9.53 Å². The molecule has 1 unspecified atom stereocenters. The maximum atomic E-state index is 12.1. The van der Waals surface area contributed by atoms with Crippen molar-refractivity contribution in [2.24, 2.45) is 5.92 Å². The van der Waals surface area contributed by atoms with Crippen LogP contribution in [0.1, 0.15) is 47.4 Å². The fourth-order valence-electron chi connectivity index (χ4n) is 4.75. The molecule has 1 fully saturated rings. The molecule has 0 aromatic heterocycles. The molecule has 122 valence electrons. The van der Waals surface area contributed by atoms with E-state index >= 15 is 0 Å². The molecule has 0 saturated carbocycles. The molecular formula is C21H21NO2. The van der Waals surface area contributed by atoms with E-state index in [-0.39, 0.29) is 18.1 Å². The fraction of sp³-hybridized carbons (Fsp3) is 0.381. The molecule has 4 aliphatic rings. The van der Waals surface area contributed by atoms with Crippen molar-refractivity contribution in [3.05, 3.63) is 70.8 Å². The Morgan fingerprint density at radius 1 is 1.04 bits per heavy atom. The molecule has 2 aromatic rings. The largest absolute Gasteiger partial charge is 0.359 e. The number of benzene rings is 2. The number of amides is 1. The van der Waals surface area contributed by atoms with Gasteiger partial charge in [-0.1, -0.05) is 48.5 Å². The summed E-state index contributed by atoms with van der Waals surface area (Å²) in [6.45, 7) is 2.68. The minimum Gasteiger partial charge on any atom is -0.359 e. The Hall–Kier alpha value is -2.13. The predicted octanol–water partition coefficient (Wildman–Crippen LogP) is 3.19. The number of epoxide rings is 1. The Bertz CT molecular complexity index is 767. The zero-order valence-corrected chi connectivity index (χ0v) is 13.7. The molecule has 1 heterocycles. The van der Waals surface area contributed by atoms with E-state index in [0.29, 0.717) is 17.8 Å². The zero-order valence-electron chi connectivity index (χ0n) is 13.7. The lowest BCUT2D eigenvalue weighted by Crippen LogP contribution is -2.40. The summed E-state index contributed by atoms with van der Waals surface area (Å²) in [6, 6.07) is 17.6. The highest BCUT2D eigenvalue weighted by molar-refractivity contribution is 5.83. The van der Waals surface area contributed by atoms with Crippen LogP contribution in [0.25, 0.3) is 0 Å². The summed E-state index contributed by atoms with van der Waals surface area (Å²) in [5.41, 5.74) is 5.84. The van der Waals surface area contributed by atoms with E-state index < -0.39 is 0 Å². The topological polar surface area (TPSA) is 41.6 Å². The van der Waals surface area contributed by atoms with Gasteiger partial charge in [0, 0.05) is 18.4 Å². The monoisotopic (exact) mass is 319 g/mol. The number of nitrogens with one attached hydrogen (secondary N) is 1. The van der Waals surface area contributed by atoms with E-state index in [1.807, 2.05) is 6.92 Å². The third-order valence-electron chi connectivity index (χ3n) is 5.93. The molecule has 1 aliphatic heterocycles. The first-order chi connectivity index (χ1) is 11.7. The summed E-state index contributed by atoms with van der Waals surface area (Å²) in [7, 11) is 0. The molecule has 2 aromatic carbocycles. The van der Waals surface area contributed by atoms with Crippen LogP contribution in [0.2, 0.25) is 0 Å². The molecule has 3 heteroatoms. The van der Waals surface area contributed by atoms with Gasteiger partial charge in [-0.2, -0.15) is 0 Å². The van der Waals surface area contributed by atoms with Gasteiger partial charge in [0.15, 0.2) is 6.10 Å². The molecular weight excluding hydrogens is 298 g/mol. The highest BCUT2D eigenvalue weighted by Crippen LogP contribution is 2.55. The molecule has 24 heavy (non-hydrogen) atoms. The molecule has 0 spiro atoms. The van der Waals surface area contributed by atoms with E-state index in [1.165, 1.54) is 22.3 Å². The second-order valence-corrected chi connectivity index (χ2v) is 7.29. The average Bonchev–Trinajstić information content (AvgIpc) is 3.37. The molecule has 3 aliphatic carbocycles. The Morgan fingerprint density at radius 3 is 2.12 bits per heavy atom. The molecule has 0 radical (unpaired) electrons. The Kier molecular flexibility index (Phi) is 3.07. The summed E-state index contributed by atoms with van der Waals surface area (Å²) in [5, 5.41) is 3.13. The summed E-state index contributed by atoms with van der Waals surface area (Å²) in [4.78, 5) is 12.1. The van der Waals surface area contributed by atoms with Crippen LogP contribution in [-0.4, -0.2) is 24.7 Å². The van der Waals surface area contributed by atoms with Gasteiger partial charge in [0.2, 0.25) is 0 Å². The van der Waals surface area contributed by atoms with Gasteiger partial charge in [-0.05, 0) is 41.5 Å². The smallest absolute Gasteiger partial charge is 0.251 e. The molecule has 6 rings (SSSR count). The molecule has 1 N–H and O–H groups in total. The van der Waals surface area contributed by atoms with Crippen LogP contribution in [0.15, 0.2) is 48.5 Å². The number of ether oxygens (including phenoxy) is 1. The van der Waals surface area contributed by atoms with Crippen molar-refractivity contribution in [1.82, 2.24) is 5.32 Å². The molecule has 1 saturated heterocycles. The second kappa shape index (κ2) is 5.18. The maximum absolute atomic E-state index is 12.1. The van der Waals surface area contributed by atoms with Crippen LogP contribution in [0.5, 0.6) is 0 Å². The van der Waals surface area contributed by atoms with Gasteiger partial charge in [-0.3, -0.25) is 4.79 Å². The van der Waals surface area contributed by atoms with Crippen molar-refractivity contribution in [2.45, 2.75) is 37.4 Å². The third-order valence-corrected chi connectivity index (χ3v) is 5.93. The van der Waals surface area contributed by atoms with Gasteiger partial charge < -0.3 is 10.1 Å². The van der Waals surface area contributed by atoms with E-state index in [9.17, 15) is 4.79 Å². The lowest BCUT2D eigenvalue weighted by molar-refractivity contribution is -0.122. The quantitative estimate of drug-likeness (QED) is 0.883. The second-order valence-electron chi connectivity index (χ2n) is 7.29. The molecule has 2 bridgehead atoms. The van der Waals surface area contributed by atoms with Gasteiger partial charge in [-0.15, -0.1) is 0 Å². The summed E-state index contributed by atoms with van der Waals surface area (Å²) in [5.74, 6) is 1.35. The molecule has 3 atom stereocenters. The van der Waals surface area contributed by atoms with Crippen LogP contribution in [0, 0.1) is 5.92 Å². The van der Waals surface area contributed by atoms with Crippen LogP contribution >= 0.6 is 0 Å². The highest BCUT2D eigenvalue weighted by atomic mass is 16.6. The van der Waals surface area contributed by atoms with Crippen molar-refractivity contribution >= 4 is 5.91 Å². The lowest BCUT2D eigenvalue weighted by Gasteiger charge is -2.45. The molecule has 1 amide bonds. The summed E-state index contributed by atoms with van der Waals surface area (Å²) in [6.07, 6.45) is 0.958. The van der Waals surface area contributed by atoms with E-state index in [0.717, 1.165) is 13.0 Å². The third kappa shape index (κ3) is 2.04. The van der Waals surface area contributed by atoms with Crippen molar-refractivity contribution in [1.29, 1.82) is 0 Å². The van der Waals surface area contributed by atoms with Crippen molar-refractivity contribution in [3.8, 4) is 0 Å². The first kappa shape index (κ1) is 14.2. The van der Waals surface area contributed by atoms with Crippen LogP contribution in [0.4, 0.5) is 0 Å². The zero-order chi connectivity index (χ0) is 16.3. The Labute approximate surface area is 142 Å². The number of fused-ring (bicyclic) bond motifs is 1. The first-order valence-corrected chi connectivity index (χ1v) is 8.85. The van der Waals surface area contributed by atoms with Crippen molar-refractivity contribution in [3.63, 3.8) is 0 Å². The number of carbonyl (C=O) groups is 1. The van der Waals surface area contributed by atoms with Gasteiger partial charge >= 0.3 is 0 Å². The average molecular weight is 319 g/mol. The normalized spacial score (nSPS) is 32.0. The lowest BCUT2D eigenvalue weighted by atomic mass is 9.59. The number of carbonyl (C=O) groups excluding carboxylic acids is 1. The van der Waals surface area contributed by atoms with Crippen LogP contribution in [0.3, 0.4) is 0 Å². The van der Waals surface area contributed by atoms with Gasteiger partial charge in [0.05, 0.1) is 6.10 Å². The SMILES string of the molecule is C[C@@H]1O[C@H]1C(=O)NCC1CC2c3ccccc3C1c1ccccc12. The highest BCUT2D eigenvalue weighted by Gasteiger charge is 2.44. The standard InChI is InChI=1S/C21H21NO2/c1-12-20(24-12)21(23)22-11-13-10-18-14-6-2-4-8-16(14)19(13)17-9-5-3-7-15(17)18/h2-9,12-13,18-20H,10-11H2,1H3,(H,22,23)/t12-,13?,18?,19?,20+/m0/s1. The summed E-state index contributed by atoms with van der Waals surface area (Å²) < 4.78 is 5.28. The predicted molar refractivity (Wildman–Crippen MR) is 92.0 cm³/mol. The minimum atomic E-state index is -0.231. The minimum absolute atomic E-state index is 0.0468. The summed E-state index contributed by atoms with van der Waals surface area (Å²) >= 11 is 0. The number of hydrogen-bond donors (Lipinski definition) is 1. The maximum Gasteiger partial charge on any atom is 0.251 e. The van der Waals surface area contributed by atoms with Gasteiger partial charge in [0.25, 0.3) is 5.91 Å². The Morgan fingerprint density at radius 2 is 1.58 bits per heavy atom. The number of rotatable bonds is 3. The van der Waals surface area contributed by atoms with Crippen molar-refractivity contribution in [2.75, 3.05) is 6.54 Å². The van der Waals surface area contributed by atoms with Gasteiger partial charge in [-0.25, -0.2) is 0 Å². The first-order valence-electron chi connectivity index (χ1n) is 8.85.